The van der Waals surface area contributed by atoms with Crippen molar-refractivity contribution in [1.82, 2.24) is 0 Å². The molecule has 5 heteroatoms. The van der Waals surface area contributed by atoms with Gasteiger partial charge in [-0.15, -0.1) is 0 Å². The van der Waals surface area contributed by atoms with Gasteiger partial charge in [0.2, 0.25) is 0 Å². The van der Waals surface area contributed by atoms with Crippen molar-refractivity contribution in [1.29, 1.82) is 0 Å². The van der Waals surface area contributed by atoms with Crippen LogP contribution in [-0.2, 0) is 6.61 Å². The topological polar surface area (TPSA) is 69.9 Å². The average Bonchev–Trinajstić information content (AvgIpc) is 2.73. The van der Waals surface area contributed by atoms with Gasteiger partial charge >= 0.3 is 0 Å². The van der Waals surface area contributed by atoms with E-state index < -0.39 is 11.7 Å². The van der Waals surface area contributed by atoms with Crippen LogP contribution in [0.4, 0.5) is 0 Å². The summed E-state index contributed by atoms with van der Waals surface area (Å²) in [5.41, 5.74) is 2.99. The van der Waals surface area contributed by atoms with E-state index in [0.29, 0.717) is 18.6 Å². The molecule has 1 atom stereocenters. The Morgan fingerprint density at radius 2 is 1.57 bits per heavy atom. The van der Waals surface area contributed by atoms with Gasteiger partial charge in [-0.05, 0) is 53.4 Å². The van der Waals surface area contributed by atoms with Gasteiger partial charge in [-0.2, -0.15) is 0 Å². The Kier molecular flexibility index (Phi) is 7.12. The second-order valence-electron chi connectivity index (χ2n) is 6.44. The molecule has 0 radical (unpaired) electrons. The fourth-order valence-electron chi connectivity index (χ4n) is 2.77. The molecule has 0 aliphatic carbocycles. The van der Waals surface area contributed by atoms with E-state index in [9.17, 15) is 15.3 Å². The standard InChI is InChI=1S/C23H24O4S/c1-2-22(24)28-21-11-5-8-18(14-21)17-7-4-10-20(13-17)27-15-16-6-3-9-19(12-16)23(25)26/h3-14,22-26H,2,15H2,1H3. The van der Waals surface area contributed by atoms with E-state index in [1.807, 2.05) is 55.5 Å². The third-order valence-electron chi connectivity index (χ3n) is 4.28. The largest absolute Gasteiger partial charge is 0.489 e. The van der Waals surface area contributed by atoms with E-state index in [0.717, 1.165) is 27.3 Å². The lowest BCUT2D eigenvalue weighted by Gasteiger charge is -2.11. The fraction of sp³-hybridized carbons (Fsp3) is 0.217. The van der Waals surface area contributed by atoms with Crippen molar-refractivity contribution in [3.05, 3.63) is 83.9 Å². The van der Waals surface area contributed by atoms with Gasteiger partial charge in [-0.1, -0.05) is 61.2 Å². The van der Waals surface area contributed by atoms with Crippen molar-refractivity contribution >= 4 is 11.8 Å². The Morgan fingerprint density at radius 1 is 0.857 bits per heavy atom. The number of aliphatic hydroxyl groups excluding tert-OH is 2. The first-order valence-corrected chi connectivity index (χ1v) is 10.1. The van der Waals surface area contributed by atoms with Crippen LogP contribution in [0.15, 0.2) is 77.7 Å². The summed E-state index contributed by atoms with van der Waals surface area (Å²) in [5, 5.41) is 28.4. The first kappa shape index (κ1) is 20.4. The number of hydrogen-bond acceptors (Lipinski definition) is 5. The molecule has 0 aliphatic heterocycles. The zero-order chi connectivity index (χ0) is 19.9. The van der Waals surface area contributed by atoms with Crippen LogP contribution in [0.3, 0.4) is 0 Å². The molecule has 0 aliphatic rings. The molecule has 0 bridgehead atoms. The summed E-state index contributed by atoms with van der Waals surface area (Å²) in [6.07, 6.45) is -0.785. The van der Waals surface area contributed by atoms with Gasteiger partial charge in [-0.3, -0.25) is 0 Å². The molecule has 0 fully saturated rings. The third-order valence-corrected chi connectivity index (χ3v) is 5.41. The summed E-state index contributed by atoms with van der Waals surface area (Å²) >= 11 is 1.45. The highest BCUT2D eigenvalue weighted by Gasteiger charge is 2.07. The van der Waals surface area contributed by atoms with Gasteiger partial charge in [-0.25, -0.2) is 0 Å². The molecule has 0 spiro atoms. The zero-order valence-corrected chi connectivity index (χ0v) is 16.5. The van der Waals surface area contributed by atoms with Crippen LogP contribution in [0.5, 0.6) is 5.75 Å². The molecule has 3 N–H and O–H groups in total. The number of ether oxygens (including phenoxy) is 1. The highest BCUT2D eigenvalue weighted by molar-refractivity contribution is 7.99. The Labute approximate surface area is 169 Å². The maximum Gasteiger partial charge on any atom is 0.178 e. The van der Waals surface area contributed by atoms with E-state index in [4.69, 9.17) is 4.74 Å². The third kappa shape index (κ3) is 5.59. The molecule has 0 amide bonds. The van der Waals surface area contributed by atoms with Crippen LogP contribution in [0.2, 0.25) is 0 Å². The predicted molar refractivity (Wildman–Crippen MR) is 112 cm³/mol. The summed E-state index contributed by atoms with van der Waals surface area (Å²) in [6.45, 7) is 2.29. The second kappa shape index (κ2) is 9.75. The Morgan fingerprint density at radius 3 is 2.32 bits per heavy atom. The van der Waals surface area contributed by atoms with Crippen LogP contribution in [-0.4, -0.2) is 20.8 Å². The molecule has 3 aromatic rings. The van der Waals surface area contributed by atoms with Crippen molar-refractivity contribution < 1.29 is 20.1 Å². The van der Waals surface area contributed by atoms with Crippen molar-refractivity contribution in [3.63, 3.8) is 0 Å². The van der Waals surface area contributed by atoms with Crippen LogP contribution in [0.25, 0.3) is 11.1 Å². The molecular formula is C23H24O4S. The lowest BCUT2D eigenvalue weighted by molar-refractivity contribution is -0.0425. The fourth-order valence-corrected chi connectivity index (χ4v) is 3.60. The lowest BCUT2D eigenvalue weighted by atomic mass is 10.1. The number of benzene rings is 3. The quantitative estimate of drug-likeness (QED) is 0.379. The van der Waals surface area contributed by atoms with E-state index >= 15 is 0 Å². The minimum Gasteiger partial charge on any atom is -0.489 e. The summed E-state index contributed by atoms with van der Waals surface area (Å²) in [4.78, 5) is 1.03. The van der Waals surface area contributed by atoms with Crippen molar-refractivity contribution in [2.45, 2.75) is 36.6 Å². The number of aliphatic hydroxyl groups is 3. The normalized spacial score (nSPS) is 12.2. The van der Waals surface area contributed by atoms with Gasteiger partial charge in [0.25, 0.3) is 0 Å². The van der Waals surface area contributed by atoms with Crippen LogP contribution >= 0.6 is 11.8 Å². The highest BCUT2D eigenvalue weighted by Crippen LogP contribution is 2.30. The molecule has 4 nitrogen and oxygen atoms in total. The lowest BCUT2D eigenvalue weighted by Crippen LogP contribution is -1.99. The SMILES string of the molecule is CCC(O)Sc1cccc(-c2cccc(OCc3cccc(C(O)O)c3)c2)c1. The van der Waals surface area contributed by atoms with E-state index in [1.165, 1.54) is 11.8 Å². The van der Waals surface area contributed by atoms with Gasteiger partial charge in [0.15, 0.2) is 6.29 Å². The molecule has 1 unspecified atom stereocenters. The average molecular weight is 397 g/mol. The maximum absolute atomic E-state index is 9.86. The first-order chi connectivity index (χ1) is 13.5. The molecule has 3 rings (SSSR count). The predicted octanol–water partition coefficient (Wildman–Crippen LogP) is 4.74. The monoisotopic (exact) mass is 396 g/mol. The number of hydrogen-bond donors (Lipinski definition) is 3. The second-order valence-corrected chi connectivity index (χ2v) is 7.70. The van der Waals surface area contributed by atoms with Gasteiger partial charge < -0.3 is 20.1 Å². The van der Waals surface area contributed by atoms with Gasteiger partial charge in [0.1, 0.15) is 17.8 Å². The van der Waals surface area contributed by atoms with E-state index in [-0.39, 0.29) is 0 Å². The van der Waals surface area contributed by atoms with E-state index in [1.54, 1.807) is 18.2 Å². The van der Waals surface area contributed by atoms with Crippen LogP contribution in [0.1, 0.15) is 30.8 Å². The highest BCUT2D eigenvalue weighted by atomic mass is 32.2. The summed E-state index contributed by atoms with van der Waals surface area (Å²) < 4.78 is 5.89. The molecular weight excluding hydrogens is 372 g/mol. The Hall–Kier alpha value is -2.31. The smallest absolute Gasteiger partial charge is 0.178 e. The number of rotatable bonds is 8. The first-order valence-electron chi connectivity index (χ1n) is 9.18. The van der Waals surface area contributed by atoms with Gasteiger partial charge in [0, 0.05) is 10.5 Å². The summed E-state index contributed by atoms with van der Waals surface area (Å²) in [7, 11) is 0. The molecule has 0 heterocycles. The van der Waals surface area contributed by atoms with Gasteiger partial charge in [0.05, 0.1) is 0 Å². The number of thioether (sulfide) groups is 1. The molecule has 0 saturated heterocycles. The van der Waals surface area contributed by atoms with E-state index in [2.05, 4.69) is 6.07 Å². The molecule has 3 aromatic carbocycles. The Bertz CT molecular complexity index is 910. The Balaban J connectivity index is 1.72. The van der Waals surface area contributed by atoms with Crippen LogP contribution < -0.4 is 4.74 Å². The molecule has 146 valence electrons. The van der Waals surface area contributed by atoms with Crippen molar-refractivity contribution in [2.75, 3.05) is 0 Å². The minimum absolute atomic E-state index is 0.336. The molecule has 0 aromatic heterocycles. The summed E-state index contributed by atoms with van der Waals surface area (Å²) in [6, 6.07) is 23.0. The zero-order valence-electron chi connectivity index (χ0n) is 15.7. The van der Waals surface area contributed by atoms with Crippen molar-refractivity contribution in [3.8, 4) is 16.9 Å². The summed E-state index contributed by atoms with van der Waals surface area (Å²) in [5.74, 6) is 0.735. The minimum atomic E-state index is -1.49. The molecule has 0 saturated carbocycles. The van der Waals surface area contributed by atoms with Crippen molar-refractivity contribution in [2.24, 2.45) is 0 Å². The molecule has 28 heavy (non-hydrogen) atoms. The maximum atomic E-state index is 9.86. The van der Waals surface area contributed by atoms with Crippen LogP contribution in [0, 0.1) is 0 Å².